The first-order chi connectivity index (χ1) is 25.9. The second-order valence-corrected chi connectivity index (χ2v) is 15.7. The van der Waals surface area contributed by atoms with Crippen molar-refractivity contribution >= 4 is 10.8 Å². The first kappa shape index (κ1) is 33.0. The molecule has 258 valence electrons. The van der Waals surface area contributed by atoms with Crippen molar-refractivity contribution in [3.05, 3.63) is 151 Å². The Bertz CT molecular complexity index is 2400. The van der Waals surface area contributed by atoms with Crippen LogP contribution in [0.5, 0.6) is 0 Å². The van der Waals surface area contributed by atoms with E-state index in [0.29, 0.717) is 23.0 Å². The van der Waals surface area contributed by atoms with Crippen LogP contribution >= 0.6 is 0 Å². The van der Waals surface area contributed by atoms with Crippen LogP contribution in [0.15, 0.2) is 140 Å². The highest BCUT2D eigenvalue weighted by Gasteiger charge is 2.45. The third-order valence-corrected chi connectivity index (χ3v) is 11.7. The van der Waals surface area contributed by atoms with Crippen LogP contribution in [0.4, 0.5) is 0 Å². The average molecular weight is 687 g/mol. The molecule has 0 saturated heterocycles. The fraction of sp³-hybridized carbons (Fsp3) is 0.224. The summed E-state index contributed by atoms with van der Waals surface area (Å²) in [7, 11) is 0. The minimum atomic E-state index is 0.283. The van der Waals surface area contributed by atoms with Crippen molar-refractivity contribution in [3.63, 3.8) is 0 Å². The van der Waals surface area contributed by atoms with E-state index in [1.165, 1.54) is 43.2 Å². The number of nitriles is 1. The van der Waals surface area contributed by atoms with Crippen molar-refractivity contribution in [2.75, 3.05) is 0 Å². The van der Waals surface area contributed by atoms with E-state index in [-0.39, 0.29) is 5.41 Å². The predicted octanol–water partition coefficient (Wildman–Crippen LogP) is 12.3. The molecule has 2 aliphatic rings. The maximum absolute atomic E-state index is 9.63. The van der Waals surface area contributed by atoms with Crippen LogP contribution in [0.2, 0.25) is 0 Å². The van der Waals surface area contributed by atoms with Gasteiger partial charge in [-0.05, 0) is 130 Å². The van der Waals surface area contributed by atoms with Gasteiger partial charge in [-0.3, -0.25) is 0 Å². The summed E-state index contributed by atoms with van der Waals surface area (Å²) in [4.78, 5) is 15.2. The monoisotopic (exact) mass is 686 g/mol. The zero-order chi connectivity index (χ0) is 35.9. The molecule has 0 amide bonds. The Balaban J connectivity index is 1.20. The number of rotatable bonds is 6. The van der Waals surface area contributed by atoms with Gasteiger partial charge in [-0.2, -0.15) is 5.26 Å². The normalized spacial score (nSPS) is 20.9. The van der Waals surface area contributed by atoms with Crippen molar-refractivity contribution in [1.82, 2.24) is 15.0 Å². The van der Waals surface area contributed by atoms with Crippen molar-refractivity contribution in [2.45, 2.75) is 51.4 Å². The van der Waals surface area contributed by atoms with Crippen LogP contribution in [0, 0.1) is 29.1 Å². The highest BCUT2D eigenvalue weighted by molar-refractivity contribution is 5.90. The van der Waals surface area contributed by atoms with Gasteiger partial charge in [0.1, 0.15) is 0 Å². The number of hydrogen-bond donors (Lipinski definition) is 0. The molecular formula is C49H42N4. The second-order valence-electron chi connectivity index (χ2n) is 15.7. The van der Waals surface area contributed by atoms with Gasteiger partial charge in [0.2, 0.25) is 0 Å². The Hall–Kier alpha value is -5.92. The van der Waals surface area contributed by atoms with Gasteiger partial charge in [-0.1, -0.05) is 117 Å². The zero-order valence-electron chi connectivity index (χ0n) is 30.3. The molecule has 0 unspecified atom stereocenters. The molecule has 0 radical (unpaired) electrons. The minimum Gasteiger partial charge on any atom is -0.208 e. The first-order valence-corrected chi connectivity index (χ1v) is 19.0. The molecule has 1 heterocycles. The van der Waals surface area contributed by atoms with Gasteiger partial charge in [-0.15, -0.1) is 0 Å². The van der Waals surface area contributed by atoms with E-state index < -0.39 is 0 Å². The smallest absolute Gasteiger partial charge is 0.164 e. The average Bonchev–Trinajstić information content (AvgIpc) is 3.20. The third-order valence-electron chi connectivity index (χ3n) is 11.7. The lowest BCUT2D eigenvalue weighted by Gasteiger charge is -2.50. The Labute approximate surface area is 312 Å². The van der Waals surface area contributed by atoms with Crippen molar-refractivity contribution in [3.8, 4) is 62.5 Å². The van der Waals surface area contributed by atoms with Crippen LogP contribution in [-0.2, 0) is 5.41 Å². The molecule has 7 aromatic rings. The zero-order valence-corrected chi connectivity index (χ0v) is 30.3. The summed E-state index contributed by atoms with van der Waals surface area (Å²) in [6, 6.07) is 51.1. The quantitative estimate of drug-likeness (QED) is 0.175. The number of nitrogens with zero attached hydrogens (tertiary/aromatic N) is 4. The van der Waals surface area contributed by atoms with Crippen molar-refractivity contribution in [1.29, 1.82) is 5.26 Å². The van der Waals surface area contributed by atoms with Crippen LogP contribution in [0.3, 0.4) is 0 Å². The van der Waals surface area contributed by atoms with E-state index in [1.54, 1.807) is 0 Å². The number of aromatic nitrogens is 3. The minimum absolute atomic E-state index is 0.283. The van der Waals surface area contributed by atoms with Crippen molar-refractivity contribution < 1.29 is 0 Å². The van der Waals surface area contributed by atoms with E-state index in [0.717, 1.165) is 61.9 Å². The van der Waals surface area contributed by atoms with Crippen LogP contribution in [0.1, 0.15) is 57.1 Å². The fourth-order valence-electron chi connectivity index (χ4n) is 9.60. The maximum atomic E-state index is 9.63. The number of fused-ring (bicyclic) bond motifs is 3. The van der Waals surface area contributed by atoms with Crippen LogP contribution in [-0.4, -0.2) is 15.0 Å². The molecule has 53 heavy (non-hydrogen) atoms. The summed E-state index contributed by atoms with van der Waals surface area (Å²) in [5.74, 6) is 4.29. The summed E-state index contributed by atoms with van der Waals surface area (Å²) in [6.07, 6.45) is 6.65. The van der Waals surface area contributed by atoms with E-state index in [2.05, 4.69) is 80.6 Å². The van der Waals surface area contributed by atoms with E-state index in [4.69, 9.17) is 15.0 Å². The van der Waals surface area contributed by atoms with Gasteiger partial charge in [0, 0.05) is 16.7 Å². The Kier molecular flexibility index (Phi) is 8.43. The lowest BCUT2D eigenvalue weighted by molar-refractivity contribution is 0.0780. The summed E-state index contributed by atoms with van der Waals surface area (Å²) >= 11 is 0. The predicted molar refractivity (Wildman–Crippen MR) is 216 cm³/mol. The molecule has 2 fully saturated rings. The number of benzene rings is 6. The molecule has 9 rings (SSSR count). The van der Waals surface area contributed by atoms with Gasteiger partial charge in [0.25, 0.3) is 0 Å². The topological polar surface area (TPSA) is 62.5 Å². The standard InChI is InChI=1S/C49H42N4/c1-32-21-35-22-33(2)29-49(28-32,30-35)45-19-17-37(18-20-45)42-25-43(40-16-15-36-14-13-34(31-50)23-41(36)24-40)27-44(26-42)48-52-46(38-9-5-3-6-10-38)51-47(53-48)39-11-7-4-8-12-39/h3-20,23-27,32-33,35H,21-22,28-30H2,1-2H3/t32-,33-,35?,49?/m1/s1. The Morgan fingerprint density at radius 3 is 1.62 bits per heavy atom. The highest BCUT2D eigenvalue weighted by Crippen LogP contribution is 2.54. The molecule has 2 saturated carbocycles. The molecule has 2 atom stereocenters. The van der Waals surface area contributed by atoms with Gasteiger partial charge in [-0.25, -0.2) is 15.0 Å². The summed E-state index contributed by atoms with van der Waals surface area (Å²) in [5, 5.41) is 11.8. The molecule has 4 nitrogen and oxygen atoms in total. The van der Waals surface area contributed by atoms with Gasteiger partial charge < -0.3 is 0 Å². The van der Waals surface area contributed by atoms with Gasteiger partial charge in [0.15, 0.2) is 17.5 Å². The van der Waals surface area contributed by atoms with E-state index >= 15 is 0 Å². The van der Waals surface area contributed by atoms with Crippen molar-refractivity contribution in [2.24, 2.45) is 17.8 Å². The molecule has 2 bridgehead atoms. The molecule has 4 heteroatoms. The lowest BCUT2D eigenvalue weighted by Crippen LogP contribution is -2.42. The molecule has 6 aromatic carbocycles. The Morgan fingerprint density at radius 1 is 0.491 bits per heavy atom. The summed E-state index contributed by atoms with van der Waals surface area (Å²) < 4.78 is 0. The van der Waals surface area contributed by atoms with E-state index in [9.17, 15) is 5.26 Å². The number of hydrogen-bond acceptors (Lipinski definition) is 4. The molecule has 0 N–H and O–H groups in total. The summed E-state index contributed by atoms with van der Waals surface area (Å²) in [5.41, 5.74) is 9.68. The SMILES string of the molecule is C[C@@H]1CC2C[C@@H](C)CC(c3ccc(-c4cc(-c5ccc6ccc(C#N)cc6c5)cc(-c5nc(-c6ccccc6)nc(-c6ccccc6)n5)c4)cc3)(C2)C1. The molecule has 2 aliphatic carbocycles. The highest BCUT2D eigenvalue weighted by atomic mass is 15.0. The Morgan fingerprint density at radius 2 is 1.02 bits per heavy atom. The fourth-order valence-corrected chi connectivity index (χ4v) is 9.60. The van der Waals surface area contributed by atoms with Crippen LogP contribution in [0.25, 0.3) is 67.2 Å². The van der Waals surface area contributed by atoms with Gasteiger partial charge >= 0.3 is 0 Å². The second kappa shape index (κ2) is 13.6. The van der Waals surface area contributed by atoms with Gasteiger partial charge in [0.05, 0.1) is 11.6 Å². The summed E-state index contributed by atoms with van der Waals surface area (Å²) in [6.45, 7) is 4.92. The maximum Gasteiger partial charge on any atom is 0.164 e. The largest absolute Gasteiger partial charge is 0.208 e. The molecule has 1 aromatic heterocycles. The van der Waals surface area contributed by atoms with Crippen LogP contribution < -0.4 is 0 Å². The third kappa shape index (κ3) is 6.53. The first-order valence-electron chi connectivity index (χ1n) is 19.0. The molecule has 0 spiro atoms. The molecular weight excluding hydrogens is 645 g/mol. The molecule has 0 aliphatic heterocycles. The van der Waals surface area contributed by atoms with E-state index in [1.807, 2.05) is 78.9 Å². The lowest BCUT2D eigenvalue weighted by atomic mass is 9.54.